The molecule has 2 aromatic carbocycles. The van der Waals surface area contributed by atoms with Crippen molar-refractivity contribution < 1.29 is 22.8 Å². The Kier molecular flexibility index (Phi) is 7.10. The first-order valence-corrected chi connectivity index (χ1v) is 13.5. The number of benzene rings is 2. The van der Waals surface area contributed by atoms with Crippen LogP contribution in [0.3, 0.4) is 0 Å². The minimum Gasteiger partial charge on any atom is -0.312 e. The van der Waals surface area contributed by atoms with Crippen molar-refractivity contribution in [3.63, 3.8) is 0 Å². The molecule has 0 spiro atoms. The highest BCUT2D eigenvalue weighted by atomic mass is 32.2. The maximum Gasteiger partial charge on any atom is 0.261 e. The van der Waals surface area contributed by atoms with Gasteiger partial charge in [0.2, 0.25) is 15.9 Å². The number of carbonyl (C=O) groups excluding carboxylic acids is 3. The summed E-state index contributed by atoms with van der Waals surface area (Å²) >= 11 is 0. The van der Waals surface area contributed by atoms with E-state index in [9.17, 15) is 22.8 Å². The van der Waals surface area contributed by atoms with E-state index >= 15 is 0 Å². The first-order chi connectivity index (χ1) is 16.7. The van der Waals surface area contributed by atoms with Gasteiger partial charge < -0.3 is 4.90 Å². The Morgan fingerprint density at radius 2 is 1.71 bits per heavy atom. The number of nitrogens with zero attached hydrogens (tertiary/aromatic N) is 3. The van der Waals surface area contributed by atoms with Gasteiger partial charge >= 0.3 is 0 Å². The molecule has 0 saturated heterocycles. The van der Waals surface area contributed by atoms with Crippen LogP contribution < -0.4 is 4.90 Å². The molecule has 0 radical (unpaired) electrons. The predicted molar refractivity (Wildman–Crippen MR) is 133 cm³/mol. The molecule has 8 nitrogen and oxygen atoms in total. The number of hydrogen-bond donors (Lipinski definition) is 0. The van der Waals surface area contributed by atoms with Gasteiger partial charge in [0.05, 0.1) is 16.0 Å². The van der Waals surface area contributed by atoms with Crippen molar-refractivity contribution >= 4 is 33.4 Å². The lowest BCUT2D eigenvalue weighted by atomic mass is 10.0. The Hall–Kier alpha value is -3.04. The van der Waals surface area contributed by atoms with Crippen LogP contribution in [0.25, 0.3) is 0 Å². The van der Waals surface area contributed by atoms with Crippen molar-refractivity contribution in [3.05, 3.63) is 58.7 Å². The van der Waals surface area contributed by atoms with Crippen LogP contribution in [0, 0.1) is 6.92 Å². The fourth-order valence-electron chi connectivity index (χ4n) is 4.84. The standard InChI is InChI=1S/C26H31N3O5S/c1-4-27(5-2)35(33,34)20-11-13-23-19(17-20)8-6-14-28(23)24(30)9-7-15-29-25(31)21-12-10-18(3)16-22(21)26(29)32/h10-13,16-17H,4-9,14-15H2,1-3H3. The number of hydrogen-bond acceptors (Lipinski definition) is 5. The number of anilines is 1. The molecule has 0 N–H and O–H groups in total. The van der Waals surface area contributed by atoms with Crippen LogP contribution >= 0.6 is 0 Å². The molecule has 0 fully saturated rings. The van der Waals surface area contributed by atoms with Crippen LogP contribution in [0.5, 0.6) is 0 Å². The van der Waals surface area contributed by atoms with Crippen molar-refractivity contribution in [1.29, 1.82) is 0 Å². The van der Waals surface area contributed by atoms with Crippen molar-refractivity contribution in [3.8, 4) is 0 Å². The van der Waals surface area contributed by atoms with Gasteiger partial charge in [-0.25, -0.2) is 8.42 Å². The molecule has 2 aliphatic rings. The molecule has 0 saturated carbocycles. The Morgan fingerprint density at radius 3 is 2.43 bits per heavy atom. The highest BCUT2D eigenvalue weighted by Gasteiger charge is 2.35. The van der Waals surface area contributed by atoms with Crippen LogP contribution in [-0.2, 0) is 21.2 Å². The molecule has 0 atom stereocenters. The Balaban J connectivity index is 1.43. The van der Waals surface area contributed by atoms with Crippen LogP contribution in [0.2, 0.25) is 0 Å². The van der Waals surface area contributed by atoms with Crippen LogP contribution in [-0.4, -0.2) is 61.5 Å². The van der Waals surface area contributed by atoms with Gasteiger partial charge in [0.25, 0.3) is 11.8 Å². The van der Waals surface area contributed by atoms with Gasteiger partial charge in [-0.2, -0.15) is 4.31 Å². The second kappa shape index (κ2) is 9.91. The van der Waals surface area contributed by atoms with Crippen molar-refractivity contribution in [2.75, 3.05) is 31.1 Å². The maximum absolute atomic E-state index is 13.1. The summed E-state index contributed by atoms with van der Waals surface area (Å²) in [7, 11) is -3.57. The van der Waals surface area contributed by atoms with E-state index in [-0.39, 0.29) is 35.6 Å². The number of aryl methyl sites for hydroxylation is 2. The SMILES string of the molecule is CCN(CC)S(=O)(=O)c1ccc2c(c1)CCCN2C(=O)CCCN1C(=O)c2ccc(C)cc2C1=O. The number of amides is 3. The third-order valence-electron chi connectivity index (χ3n) is 6.71. The van der Waals surface area contributed by atoms with E-state index in [1.807, 2.05) is 26.8 Å². The second-order valence-corrected chi connectivity index (χ2v) is 10.9. The molecule has 2 aliphatic heterocycles. The Labute approximate surface area is 206 Å². The van der Waals surface area contributed by atoms with Gasteiger partial charge in [0.15, 0.2) is 0 Å². The minimum absolute atomic E-state index is 0.0993. The molecule has 4 rings (SSSR count). The van der Waals surface area contributed by atoms with Gasteiger partial charge in [-0.1, -0.05) is 25.5 Å². The summed E-state index contributed by atoms with van der Waals surface area (Å²) in [6.45, 7) is 7.02. The molecule has 0 aromatic heterocycles. The van der Waals surface area contributed by atoms with E-state index in [2.05, 4.69) is 0 Å². The van der Waals surface area contributed by atoms with Gasteiger partial charge in [-0.05, 0) is 62.1 Å². The third-order valence-corrected chi connectivity index (χ3v) is 8.76. The zero-order valence-electron chi connectivity index (χ0n) is 20.4. The fraction of sp³-hybridized carbons (Fsp3) is 0.423. The quantitative estimate of drug-likeness (QED) is 0.521. The van der Waals surface area contributed by atoms with E-state index in [1.54, 1.807) is 35.2 Å². The van der Waals surface area contributed by atoms with E-state index in [0.29, 0.717) is 43.6 Å². The summed E-state index contributed by atoms with van der Waals surface area (Å²) < 4.78 is 27.2. The highest BCUT2D eigenvalue weighted by Crippen LogP contribution is 2.31. The second-order valence-electron chi connectivity index (χ2n) is 8.94. The lowest BCUT2D eigenvalue weighted by Crippen LogP contribution is -2.37. The van der Waals surface area contributed by atoms with E-state index in [1.165, 1.54) is 9.21 Å². The van der Waals surface area contributed by atoms with Gasteiger partial charge in [0, 0.05) is 38.3 Å². The van der Waals surface area contributed by atoms with Crippen LogP contribution in [0.15, 0.2) is 41.3 Å². The average molecular weight is 498 g/mol. The summed E-state index contributed by atoms with van der Waals surface area (Å²) in [5, 5.41) is 0. The summed E-state index contributed by atoms with van der Waals surface area (Å²) in [4.78, 5) is 41.5. The zero-order chi connectivity index (χ0) is 25.3. The van der Waals surface area contributed by atoms with Crippen LogP contribution in [0.4, 0.5) is 5.69 Å². The first-order valence-electron chi connectivity index (χ1n) is 12.1. The monoisotopic (exact) mass is 497 g/mol. The lowest BCUT2D eigenvalue weighted by molar-refractivity contribution is -0.118. The predicted octanol–water partition coefficient (Wildman–Crippen LogP) is 3.38. The number of sulfonamides is 1. The number of imide groups is 1. The van der Waals surface area contributed by atoms with Crippen molar-refractivity contribution in [2.24, 2.45) is 0 Å². The van der Waals surface area contributed by atoms with Crippen molar-refractivity contribution in [1.82, 2.24) is 9.21 Å². The summed E-state index contributed by atoms with van der Waals surface area (Å²) in [5.41, 5.74) is 3.32. The molecule has 186 valence electrons. The van der Waals surface area contributed by atoms with Crippen molar-refractivity contribution in [2.45, 2.75) is 51.3 Å². The molecule has 2 heterocycles. The number of fused-ring (bicyclic) bond motifs is 2. The molecule has 9 heteroatoms. The summed E-state index contributed by atoms with van der Waals surface area (Å²) in [6.07, 6.45) is 2.00. The Morgan fingerprint density at radius 1 is 1.00 bits per heavy atom. The zero-order valence-corrected chi connectivity index (χ0v) is 21.2. The van der Waals surface area contributed by atoms with E-state index in [0.717, 1.165) is 23.2 Å². The largest absolute Gasteiger partial charge is 0.312 e. The van der Waals surface area contributed by atoms with E-state index < -0.39 is 10.0 Å². The van der Waals surface area contributed by atoms with Gasteiger partial charge in [0.1, 0.15) is 0 Å². The van der Waals surface area contributed by atoms with Gasteiger partial charge in [-0.3, -0.25) is 19.3 Å². The molecule has 2 aromatic rings. The smallest absolute Gasteiger partial charge is 0.261 e. The molecule has 35 heavy (non-hydrogen) atoms. The number of rotatable bonds is 8. The van der Waals surface area contributed by atoms with E-state index in [4.69, 9.17) is 0 Å². The summed E-state index contributed by atoms with van der Waals surface area (Å²) in [5.74, 6) is -0.730. The topological polar surface area (TPSA) is 95.1 Å². The normalized spacial score (nSPS) is 15.5. The fourth-order valence-corrected chi connectivity index (χ4v) is 6.35. The average Bonchev–Trinajstić information content (AvgIpc) is 3.07. The maximum atomic E-state index is 13.1. The van der Waals surface area contributed by atoms with Gasteiger partial charge in [-0.15, -0.1) is 0 Å². The third kappa shape index (κ3) is 4.62. The molecular weight excluding hydrogens is 466 g/mol. The lowest BCUT2D eigenvalue weighted by Gasteiger charge is -2.30. The molecule has 3 amide bonds. The number of carbonyl (C=O) groups is 3. The molecule has 0 aliphatic carbocycles. The van der Waals surface area contributed by atoms with Crippen LogP contribution in [0.1, 0.15) is 65.0 Å². The molecule has 0 unspecified atom stereocenters. The molecule has 0 bridgehead atoms. The molecular formula is C26H31N3O5S. The Bertz CT molecular complexity index is 1280. The summed E-state index contributed by atoms with van der Waals surface area (Å²) in [6, 6.07) is 10.2. The first kappa shape index (κ1) is 25.1. The minimum atomic E-state index is -3.57. The highest BCUT2D eigenvalue weighted by molar-refractivity contribution is 7.89.